The molecule has 218 valence electrons. The Hall–Kier alpha value is -4.21. The van der Waals surface area contributed by atoms with E-state index in [-0.39, 0.29) is 24.2 Å². The highest BCUT2D eigenvalue weighted by molar-refractivity contribution is 9.10. The largest absolute Gasteiger partial charge is 0.483 e. The summed E-state index contributed by atoms with van der Waals surface area (Å²) in [4.78, 5) is 33.0. The van der Waals surface area contributed by atoms with Crippen molar-refractivity contribution in [2.75, 3.05) is 16.8 Å². The number of benzene rings is 4. The number of amidine groups is 1. The summed E-state index contributed by atoms with van der Waals surface area (Å²) in [6.07, 6.45) is 3.67. The molecule has 0 aromatic heterocycles. The molecule has 0 aliphatic carbocycles. The minimum Gasteiger partial charge on any atom is -0.483 e. The molecule has 0 saturated carbocycles. The maximum Gasteiger partial charge on any atom is 0.271 e. The second kappa shape index (κ2) is 13.8. The molecular formula is C34H29BrFN3O3S. The smallest absolute Gasteiger partial charge is 0.271 e. The third-order valence-electron chi connectivity index (χ3n) is 6.72. The average molecular weight is 659 g/mol. The van der Waals surface area contributed by atoms with Crippen molar-refractivity contribution in [2.45, 2.75) is 26.7 Å². The van der Waals surface area contributed by atoms with E-state index in [1.54, 1.807) is 11.0 Å². The van der Waals surface area contributed by atoms with Gasteiger partial charge in [0.15, 0.2) is 11.8 Å². The van der Waals surface area contributed by atoms with Gasteiger partial charge >= 0.3 is 0 Å². The lowest BCUT2D eigenvalue weighted by atomic mass is 10.1. The van der Waals surface area contributed by atoms with E-state index in [0.29, 0.717) is 26.0 Å². The zero-order valence-corrected chi connectivity index (χ0v) is 26.0. The van der Waals surface area contributed by atoms with Gasteiger partial charge in [-0.05, 0) is 124 Å². The highest BCUT2D eigenvalue weighted by atomic mass is 79.9. The van der Waals surface area contributed by atoms with E-state index >= 15 is 0 Å². The first kappa shape index (κ1) is 30.3. The van der Waals surface area contributed by atoms with Gasteiger partial charge in [-0.2, -0.15) is 0 Å². The Morgan fingerprint density at radius 2 is 1.60 bits per heavy atom. The molecule has 4 aromatic carbocycles. The molecule has 5 rings (SSSR count). The van der Waals surface area contributed by atoms with Crippen LogP contribution in [0.25, 0.3) is 6.08 Å². The number of aryl methyl sites for hydroxylation is 2. The summed E-state index contributed by atoms with van der Waals surface area (Å²) < 4.78 is 19.4. The molecule has 9 heteroatoms. The third kappa shape index (κ3) is 7.60. The summed E-state index contributed by atoms with van der Waals surface area (Å²) in [6.45, 7) is 3.97. The Morgan fingerprint density at radius 3 is 2.23 bits per heavy atom. The molecule has 1 N–H and O–H groups in total. The van der Waals surface area contributed by atoms with Gasteiger partial charge in [0, 0.05) is 5.69 Å². The van der Waals surface area contributed by atoms with Gasteiger partial charge in [-0.1, -0.05) is 44.2 Å². The Bertz CT molecular complexity index is 1690. The van der Waals surface area contributed by atoms with Crippen LogP contribution in [0.2, 0.25) is 0 Å². The van der Waals surface area contributed by atoms with Gasteiger partial charge in [0.2, 0.25) is 0 Å². The third-order valence-corrected chi connectivity index (χ3v) is 8.31. The summed E-state index contributed by atoms with van der Waals surface area (Å²) in [6, 6.07) is 26.9. The lowest BCUT2D eigenvalue weighted by Gasteiger charge is -2.16. The van der Waals surface area contributed by atoms with Crippen LogP contribution in [0.3, 0.4) is 0 Å². The SMILES string of the molecule is CCc1ccc(N=C2S/C(=C\c3ccc(OCC(=O)Nc4ccc(F)cc4)c(Br)c3)C(=O)N2c2ccc(CC)cc2)cc1. The number of amides is 2. The number of carbonyl (C=O) groups excluding carboxylic acids is 2. The fourth-order valence-electron chi connectivity index (χ4n) is 4.32. The van der Waals surface area contributed by atoms with E-state index < -0.39 is 0 Å². The summed E-state index contributed by atoms with van der Waals surface area (Å²) in [5.41, 5.74) is 5.19. The number of hydrogen-bond acceptors (Lipinski definition) is 5. The Morgan fingerprint density at radius 1 is 0.953 bits per heavy atom. The number of carbonyl (C=O) groups is 2. The van der Waals surface area contributed by atoms with Crippen LogP contribution in [-0.4, -0.2) is 23.6 Å². The predicted octanol–water partition coefficient (Wildman–Crippen LogP) is 8.54. The molecule has 0 unspecified atom stereocenters. The molecule has 1 saturated heterocycles. The quantitative estimate of drug-likeness (QED) is 0.183. The zero-order chi connectivity index (χ0) is 30.3. The second-order valence-corrected chi connectivity index (χ2v) is 11.6. The maximum absolute atomic E-state index is 13.7. The number of aliphatic imine (C=N–C) groups is 1. The van der Waals surface area contributed by atoms with Gasteiger partial charge in [-0.3, -0.25) is 14.5 Å². The van der Waals surface area contributed by atoms with Crippen molar-refractivity contribution in [3.63, 3.8) is 0 Å². The number of rotatable bonds is 9. The van der Waals surface area contributed by atoms with Crippen molar-refractivity contribution in [1.82, 2.24) is 0 Å². The first-order valence-electron chi connectivity index (χ1n) is 13.8. The molecule has 4 aromatic rings. The summed E-state index contributed by atoms with van der Waals surface area (Å²) in [5.74, 6) is -0.445. The highest BCUT2D eigenvalue weighted by Crippen LogP contribution is 2.38. The zero-order valence-electron chi connectivity index (χ0n) is 23.6. The molecule has 1 aliphatic heterocycles. The van der Waals surface area contributed by atoms with Gasteiger partial charge in [0.25, 0.3) is 11.8 Å². The van der Waals surface area contributed by atoms with Gasteiger partial charge in [-0.25, -0.2) is 9.38 Å². The molecule has 0 radical (unpaired) electrons. The van der Waals surface area contributed by atoms with Gasteiger partial charge < -0.3 is 10.1 Å². The van der Waals surface area contributed by atoms with Gasteiger partial charge in [-0.15, -0.1) is 0 Å². The van der Waals surface area contributed by atoms with Crippen molar-refractivity contribution in [2.24, 2.45) is 4.99 Å². The van der Waals surface area contributed by atoms with Crippen LogP contribution in [0.5, 0.6) is 5.75 Å². The fourth-order valence-corrected chi connectivity index (χ4v) is 5.83. The van der Waals surface area contributed by atoms with Crippen molar-refractivity contribution in [1.29, 1.82) is 0 Å². The first-order chi connectivity index (χ1) is 20.8. The molecule has 6 nitrogen and oxygen atoms in total. The molecule has 43 heavy (non-hydrogen) atoms. The Labute approximate surface area is 262 Å². The van der Waals surface area contributed by atoms with E-state index in [4.69, 9.17) is 9.73 Å². The number of thioether (sulfide) groups is 1. The molecule has 0 bridgehead atoms. The molecule has 1 heterocycles. The predicted molar refractivity (Wildman–Crippen MR) is 176 cm³/mol. The minimum atomic E-state index is -0.380. The van der Waals surface area contributed by atoms with E-state index in [9.17, 15) is 14.0 Å². The maximum atomic E-state index is 13.7. The van der Waals surface area contributed by atoms with Crippen LogP contribution in [0.15, 0.2) is 105 Å². The molecule has 1 fully saturated rings. The monoisotopic (exact) mass is 657 g/mol. The van der Waals surface area contributed by atoms with E-state index in [1.165, 1.54) is 47.2 Å². The molecular weight excluding hydrogens is 629 g/mol. The van der Waals surface area contributed by atoms with Gasteiger partial charge in [0.05, 0.1) is 20.8 Å². The van der Waals surface area contributed by atoms with Crippen LogP contribution in [0.4, 0.5) is 21.5 Å². The average Bonchev–Trinajstić information content (AvgIpc) is 3.31. The number of nitrogens with one attached hydrogen (secondary N) is 1. The van der Waals surface area contributed by atoms with Crippen molar-refractivity contribution in [3.05, 3.63) is 123 Å². The van der Waals surface area contributed by atoms with Crippen molar-refractivity contribution >= 4 is 67.8 Å². The first-order valence-corrected chi connectivity index (χ1v) is 15.4. The number of hydrogen-bond donors (Lipinski definition) is 1. The van der Waals surface area contributed by atoms with E-state index in [1.807, 2.05) is 66.7 Å². The van der Waals surface area contributed by atoms with Crippen LogP contribution in [0, 0.1) is 5.82 Å². The van der Waals surface area contributed by atoms with Crippen LogP contribution >= 0.6 is 27.7 Å². The standard InChI is InChI=1S/C34H29BrFN3O3S/c1-3-22-5-12-27(13-6-22)38-34-39(28-16-7-23(4-2)8-17-28)33(41)31(43-34)20-24-9-18-30(29(35)19-24)42-21-32(40)37-26-14-10-25(36)11-15-26/h5-20H,3-4,21H2,1-2H3,(H,37,40)/b31-20-,38-34?. The number of halogens is 2. The summed E-state index contributed by atoms with van der Waals surface area (Å²) >= 11 is 4.83. The van der Waals surface area contributed by atoms with Gasteiger partial charge in [0.1, 0.15) is 11.6 Å². The minimum absolute atomic E-state index is 0.160. The molecule has 2 amide bonds. The molecule has 1 aliphatic rings. The number of nitrogens with zero attached hydrogens (tertiary/aromatic N) is 2. The number of anilines is 2. The Kier molecular flexibility index (Phi) is 9.74. The molecule has 0 atom stereocenters. The number of ether oxygens (including phenoxy) is 1. The highest BCUT2D eigenvalue weighted by Gasteiger charge is 2.34. The summed E-state index contributed by atoms with van der Waals surface area (Å²) in [5, 5.41) is 3.24. The van der Waals surface area contributed by atoms with Crippen molar-refractivity contribution < 1.29 is 18.7 Å². The summed E-state index contributed by atoms with van der Waals surface area (Å²) in [7, 11) is 0. The normalized spacial score (nSPS) is 14.9. The van der Waals surface area contributed by atoms with E-state index in [2.05, 4.69) is 35.1 Å². The topological polar surface area (TPSA) is 71.0 Å². The molecule has 0 spiro atoms. The second-order valence-electron chi connectivity index (χ2n) is 9.72. The Balaban J connectivity index is 1.34. The lowest BCUT2D eigenvalue weighted by molar-refractivity contribution is -0.118. The van der Waals surface area contributed by atoms with Crippen LogP contribution in [0.1, 0.15) is 30.5 Å². The van der Waals surface area contributed by atoms with Crippen LogP contribution in [-0.2, 0) is 22.4 Å². The van der Waals surface area contributed by atoms with Crippen molar-refractivity contribution in [3.8, 4) is 5.75 Å². The van der Waals surface area contributed by atoms with Crippen LogP contribution < -0.4 is 15.0 Å². The van der Waals surface area contributed by atoms with E-state index in [0.717, 1.165) is 29.8 Å². The fraction of sp³-hybridized carbons (Fsp3) is 0.147. The lowest BCUT2D eigenvalue weighted by Crippen LogP contribution is -2.28.